The Labute approximate surface area is 180 Å². The Morgan fingerprint density at radius 3 is 2.68 bits per heavy atom. The van der Waals surface area contributed by atoms with Crippen LogP contribution in [0.15, 0.2) is 42.9 Å². The van der Waals surface area contributed by atoms with Gasteiger partial charge in [0, 0.05) is 35.0 Å². The Hall–Kier alpha value is -3.72. The summed E-state index contributed by atoms with van der Waals surface area (Å²) in [6.45, 7) is 0.353. The molecule has 0 spiro atoms. The van der Waals surface area contributed by atoms with Crippen LogP contribution in [-0.4, -0.2) is 43.9 Å². The van der Waals surface area contributed by atoms with Crippen molar-refractivity contribution in [2.24, 2.45) is 0 Å². The van der Waals surface area contributed by atoms with Gasteiger partial charge in [-0.25, -0.2) is 4.98 Å². The second-order valence-corrected chi connectivity index (χ2v) is 7.23. The van der Waals surface area contributed by atoms with E-state index in [1.807, 2.05) is 12.3 Å². The Bertz CT molecular complexity index is 1430. The monoisotopic (exact) mass is 438 g/mol. The van der Waals surface area contributed by atoms with Crippen molar-refractivity contribution in [1.82, 2.24) is 29.7 Å². The van der Waals surface area contributed by atoms with Crippen molar-refractivity contribution in [2.45, 2.75) is 6.54 Å². The first-order chi connectivity index (χ1) is 15.1. The van der Waals surface area contributed by atoms with Crippen LogP contribution in [-0.2, 0) is 6.54 Å². The number of halogens is 2. The molecule has 31 heavy (non-hydrogen) atoms. The molecule has 1 N–H and O–H groups in total. The molecule has 4 heterocycles. The van der Waals surface area contributed by atoms with Crippen LogP contribution in [0.4, 0.5) is 4.39 Å². The highest BCUT2D eigenvalue weighted by atomic mass is 35.5. The lowest BCUT2D eigenvalue weighted by molar-refractivity contribution is 0.355. The van der Waals surface area contributed by atoms with E-state index in [-0.39, 0.29) is 0 Å². The molecule has 0 saturated carbocycles. The minimum Gasteiger partial charge on any atom is -0.493 e. The summed E-state index contributed by atoms with van der Waals surface area (Å²) in [5.41, 5.74) is 3.24. The van der Waals surface area contributed by atoms with Crippen LogP contribution in [0, 0.1) is 5.95 Å². The van der Waals surface area contributed by atoms with Gasteiger partial charge in [0.1, 0.15) is 11.3 Å². The normalized spacial score (nSPS) is 11.4. The first kappa shape index (κ1) is 19.3. The molecule has 0 saturated heterocycles. The number of fused-ring (bicyclic) bond motifs is 2. The number of hydrogen-bond donors (Lipinski definition) is 1. The standard InChI is InChI=1S/C21H16ClFN6O2/c1-30-17-5-11(14(22)6-18(17)31-2)12-7-24-8-16-13(12)9-29(28-16)10-20-25-15-3-4-19(23)26-21(15)27-20/h3-9H,10H2,1-2H3,(H,25,26,27). The van der Waals surface area contributed by atoms with Crippen LogP contribution in [0.2, 0.25) is 5.02 Å². The van der Waals surface area contributed by atoms with Gasteiger partial charge in [0.2, 0.25) is 5.95 Å². The van der Waals surface area contributed by atoms with Gasteiger partial charge >= 0.3 is 0 Å². The molecule has 0 amide bonds. The van der Waals surface area contributed by atoms with Crippen LogP contribution in [0.25, 0.3) is 33.2 Å². The molecule has 5 aromatic rings. The number of nitrogens with one attached hydrogen (secondary N) is 1. The molecule has 4 aromatic heterocycles. The maximum atomic E-state index is 13.3. The molecule has 0 bridgehead atoms. The largest absolute Gasteiger partial charge is 0.493 e. The van der Waals surface area contributed by atoms with Gasteiger partial charge in [0.05, 0.1) is 37.5 Å². The van der Waals surface area contributed by atoms with E-state index in [2.05, 4.69) is 25.0 Å². The molecular weight excluding hydrogens is 423 g/mol. The Morgan fingerprint density at radius 1 is 1.06 bits per heavy atom. The van der Waals surface area contributed by atoms with Crippen molar-refractivity contribution >= 4 is 33.7 Å². The smallest absolute Gasteiger partial charge is 0.215 e. The number of imidazole rings is 1. The number of hydrogen-bond acceptors (Lipinski definition) is 6. The maximum Gasteiger partial charge on any atom is 0.215 e. The number of nitrogens with zero attached hydrogens (tertiary/aromatic N) is 5. The second-order valence-electron chi connectivity index (χ2n) is 6.82. The van der Waals surface area contributed by atoms with Gasteiger partial charge in [0.15, 0.2) is 17.1 Å². The van der Waals surface area contributed by atoms with Crippen LogP contribution in [0.3, 0.4) is 0 Å². The molecule has 0 atom stereocenters. The molecule has 0 aliphatic heterocycles. The van der Waals surface area contributed by atoms with Crippen LogP contribution in [0.1, 0.15) is 5.82 Å². The van der Waals surface area contributed by atoms with Crippen molar-refractivity contribution in [3.05, 3.63) is 59.7 Å². The average Bonchev–Trinajstić information content (AvgIpc) is 3.35. The minimum absolute atomic E-state index is 0.325. The van der Waals surface area contributed by atoms with E-state index in [0.29, 0.717) is 45.6 Å². The lowest BCUT2D eigenvalue weighted by Gasteiger charge is -2.12. The summed E-state index contributed by atoms with van der Waals surface area (Å²) < 4.78 is 25.8. The SMILES string of the molecule is COc1cc(Cl)c(-c2cncc3nn(Cc4nc5nc(F)ccc5[nH]4)cc23)cc1OC. The first-order valence-corrected chi connectivity index (χ1v) is 9.67. The van der Waals surface area contributed by atoms with E-state index in [9.17, 15) is 4.39 Å². The van der Waals surface area contributed by atoms with Gasteiger partial charge in [0.25, 0.3) is 0 Å². The lowest BCUT2D eigenvalue weighted by Crippen LogP contribution is -2.01. The number of pyridine rings is 2. The van der Waals surface area contributed by atoms with E-state index < -0.39 is 5.95 Å². The fraction of sp³-hybridized carbons (Fsp3) is 0.143. The fourth-order valence-electron chi connectivity index (χ4n) is 3.49. The van der Waals surface area contributed by atoms with Crippen LogP contribution < -0.4 is 9.47 Å². The summed E-state index contributed by atoms with van der Waals surface area (Å²) in [7, 11) is 3.13. The molecule has 10 heteroatoms. The van der Waals surface area contributed by atoms with Crippen molar-refractivity contribution in [3.63, 3.8) is 0 Å². The fourth-order valence-corrected chi connectivity index (χ4v) is 3.75. The molecule has 0 aliphatic carbocycles. The summed E-state index contributed by atoms with van der Waals surface area (Å²) in [4.78, 5) is 15.6. The number of benzene rings is 1. The summed E-state index contributed by atoms with van der Waals surface area (Å²) in [5.74, 6) is 1.15. The molecule has 5 rings (SSSR count). The molecular formula is C21H16ClFN6O2. The Kier molecular flexibility index (Phi) is 4.67. The van der Waals surface area contributed by atoms with E-state index in [1.54, 1.807) is 43.4 Å². The van der Waals surface area contributed by atoms with Gasteiger partial charge in [-0.1, -0.05) is 11.6 Å². The first-order valence-electron chi connectivity index (χ1n) is 9.30. The predicted octanol–water partition coefficient (Wildman–Crippen LogP) is 4.23. The number of H-pyrrole nitrogens is 1. The highest BCUT2D eigenvalue weighted by Crippen LogP contribution is 2.40. The summed E-state index contributed by atoms with van der Waals surface area (Å²) in [5, 5.41) is 5.96. The van der Waals surface area contributed by atoms with Gasteiger partial charge in [-0.05, 0) is 18.2 Å². The zero-order valence-electron chi connectivity index (χ0n) is 16.6. The summed E-state index contributed by atoms with van der Waals surface area (Å²) >= 11 is 6.52. The molecule has 0 fully saturated rings. The highest BCUT2D eigenvalue weighted by Gasteiger charge is 2.16. The number of aromatic nitrogens is 6. The second kappa shape index (κ2) is 7.51. The molecule has 8 nitrogen and oxygen atoms in total. The highest BCUT2D eigenvalue weighted by molar-refractivity contribution is 6.34. The number of aromatic amines is 1. The molecule has 0 radical (unpaired) electrons. The Morgan fingerprint density at radius 2 is 1.87 bits per heavy atom. The van der Waals surface area contributed by atoms with Crippen LogP contribution in [0.5, 0.6) is 11.5 Å². The molecule has 1 aromatic carbocycles. The number of rotatable bonds is 5. The minimum atomic E-state index is -0.571. The predicted molar refractivity (Wildman–Crippen MR) is 114 cm³/mol. The van der Waals surface area contributed by atoms with E-state index >= 15 is 0 Å². The van der Waals surface area contributed by atoms with E-state index in [1.165, 1.54) is 6.07 Å². The Balaban J connectivity index is 1.56. The van der Waals surface area contributed by atoms with E-state index in [4.69, 9.17) is 21.1 Å². The van der Waals surface area contributed by atoms with Crippen molar-refractivity contribution < 1.29 is 13.9 Å². The quantitative estimate of drug-likeness (QED) is 0.413. The summed E-state index contributed by atoms with van der Waals surface area (Å²) in [6.07, 6.45) is 5.30. The zero-order chi connectivity index (χ0) is 21.5. The third kappa shape index (κ3) is 3.42. The topological polar surface area (TPSA) is 90.7 Å². The molecule has 156 valence electrons. The number of ether oxygens (including phenoxy) is 2. The van der Waals surface area contributed by atoms with Crippen molar-refractivity contribution in [2.75, 3.05) is 14.2 Å². The van der Waals surface area contributed by atoms with Crippen molar-refractivity contribution in [3.8, 4) is 22.6 Å². The van der Waals surface area contributed by atoms with E-state index in [0.717, 1.165) is 16.5 Å². The molecule has 0 unspecified atom stereocenters. The molecule has 0 aliphatic rings. The number of methoxy groups -OCH3 is 2. The summed E-state index contributed by atoms with van der Waals surface area (Å²) in [6, 6.07) is 6.42. The third-order valence-corrected chi connectivity index (χ3v) is 5.23. The lowest BCUT2D eigenvalue weighted by atomic mass is 10.0. The van der Waals surface area contributed by atoms with Crippen LogP contribution >= 0.6 is 11.6 Å². The van der Waals surface area contributed by atoms with Gasteiger partial charge < -0.3 is 14.5 Å². The van der Waals surface area contributed by atoms with Gasteiger partial charge in [-0.2, -0.15) is 14.5 Å². The van der Waals surface area contributed by atoms with Gasteiger partial charge in [-0.3, -0.25) is 9.67 Å². The maximum absolute atomic E-state index is 13.3. The zero-order valence-corrected chi connectivity index (χ0v) is 17.3. The van der Waals surface area contributed by atoms with Crippen molar-refractivity contribution in [1.29, 1.82) is 0 Å². The average molecular weight is 439 g/mol. The van der Waals surface area contributed by atoms with Gasteiger partial charge in [-0.15, -0.1) is 0 Å². The third-order valence-electron chi connectivity index (χ3n) is 4.92.